The largest absolute Gasteiger partial charge is 0.314 e. The second-order valence-corrected chi connectivity index (χ2v) is 5.84. The van der Waals surface area contributed by atoms with E-state index in [0.29, 0.717) is 11.8 Å². The van der Waals surface area contributed by atoms with Crippen LogP contribution in [-0.4, -0.2) is 12.6 Å². The molecule has 2 heteroatoms. The van der Waals surface area contributed by atoms with E-state index < -0.39 is 0 Å². The molecule has 1 aromatic carbocycles. The van der Waals surface area contributed by atoms with Gasteiger partial charge >= 0.3 is 0 Å². The molecular weight excluding hydrogens is 230 g/mol. The lowest BCUT2D eigenvalue weighted by atomic mass is 9.89. The zero-order valence-corrected chi connectivity index (χ0v) is 11.5. The van der Waals surface area contributed by atoms with Gasteiger partial charge in [-0.25, -0.2) is 0 Å². The molecule has 0 bridgehead atoms. The summed E-state index contributed by atoms with van der Waals surface area (Å²) in [5.74, 6) is 1.37. The summed E-state index contributed by atoms with van der Waals surface area (Å²) in [7, 11) is 0. The number of benzene rings is 1. The molecule has 94 valence electrons. The molecule has 0 aliphatic heterocycles. The van der Waals surface area contributed by atoms with Gasteiger partial charge in [0.2, 0.25) is 0 Å². The number of hydrogen-bond acceptors (Lipinski definition) is 1. The van der Waals surface area contributed by atoms with Crippen LogP contribution in [0.25, 0.3) is 0 Å². The van der Waals surface area contributed by atoms with Crippen LogP contribution in [0.1, 0.15) is 32.3 Å². The minimum absolute atomic E-state index is 0.668. The molecule has 0 amide bonds. The Balaban J connectivity index is 1.82. The van der Waals surface area contributed by atoms with Gasteiger partial charge in [0, 0.05) is 11.1 Å². The van der Waals surface area contributed by atoms with E-state index >= 15 is 0 Å². The quantitative estimate of drug-likeness (QED) is 0.809. The van der Waals surface area contributed by atoms with Crippen molar-refractivity contribution in [2.45, 2.75) is 39.2 Å². The third-order valence-corrected chi connectivity index (χ3v) is 4.15. The summed E-state index contributed by atoms with van der Waals surface area (Å²) >= 11 is 6.19. The fourth-order valence-electron chi connectivity index (χ4n) is 2.05. The molecule has 17 heavy (non-hydrogen) atoms. The first-order chi connectivity index (χ1) is 8.16. The highest BCUT2D eigenvalue weighted by Gasteiger charge is 2.22. The summed E-state index contributed by atoms with van der Waals surface area (Å²) in [6, 6.07) is 9.00. The molecule has 0 saturated heterocycles. The van der Waals surface area contributed by atoms with Crippen LogP contribution in [-0.2, 0) is 6.42 Å². The van der Waals surface area contributed by atoms with Crippen molar-refractivity contribution in [1.82, 2.24) is 5.32 Å². The zero-order chi connectivity index (χ0) is 12.3. The Morgan fingerprint density at radius 2 is 1.94 bits per heavy atom. The van der Waals surface area contributed by atoms with Crippen molar-refractivity contribution in [3.05, 3.63) is 34.9 Å². The summed E-state index contributed by atoms with van der Waals surface area (Å²) < 4.78 is 0. The molecule has 2 unspecified atom stereocenters. The Hall–Kier alpha value is -0.530. The Morgan fingerprint density at radius 1 is 1.24 bits per heavy atom. The van der Waals surface area contributed by atoms with Crippen molar-refractivity contribution in [2.75, 3.05) is 6.54 Å². The minimum Gasteiger partial charge on any atom is -0.314 e. The lowest BCUT2D eigenvalue weighted by Gasteiger charge is -2.21. The zero-order valence-electron chi connectivity index (χ0n) is 10.7. The minimum atomic E-state index is 0.668. The Kier molecular flexibility index (Phi) is 4.47. The van der Waals surface area contributed by atoms with Crippen molar-refractivity contribution < 1.29 is 0 Å². The molecule has 0 spiro atoms. The van der Waals surface area contributed by atoms with Crippen molar-refractivity contribution in [1.29, 1.82) is 0 Å². The van der Waals surface area contributed by atoms with E-state index in [0.717, 1.165) is 24.0 Å². The van der Waals surface area contributed by atoms with Crippen LogP contribution in [0.15, 0.2) is 24.3 Å². The van der Waals surface area contributed by atoms with Crippen LogP contribution >= 0.6 is 11.6 Å². The van der Waals surface area contributed by atoms with E-state index in [1.165, 1.54) is 18.4 Å². The first kappa shape index (κ1) is 12.9. The monoisotopic (exact) mass is 251 g/mol. The Morgan fingerprint density at radius 3 is 2.59 bits per heavy atom. The molecule has 1 N–H and O–H groups in total. The highest BCUT2D eigenvalue weighted by atomic mass is 35.5. The summed E-state index contributed by atoms with van der Waals surface area (Å²) in [5, 5.41) is 4.51. The van der Waals surface area contributed by atoms with Crippen LogP contribution < -0.4 is 5.32 Å². The molecule has 1 aromatic rings. The predicted molar refractivity (Wildman–Crippen MR) is 74.5 cm³/mol. The molecule has 1 aliphatic carbocycles. The average molecular weight is 252 g/mol. The SMILES string of the molecule is CC(CNC1CC1)C(C)Cc1ccccc1Cl. The Bertz CT molecular complexity index is 360. The van der Waals surface area contributed by atoms with Gasteiger partial charge in [0.15, 0.2) is 0 Å². The van der Waals surface area contributed by atoms with Crippen LogP contribution in [0.2, 0.25) is 5.02 Å². The van der Waals surface area contributed by atoms with Crippen molar-refractivity contribution >= 4 is 11.6 Å². The van der Waals surface area contributed by atoms with Gasteiger partial charge < -0.3 is 5.32 Å². The molecular formula is C15H22ClN. The van der Waals surface area contributed by atoms with Crippen molar-refractivity contribution in [3.8, 4) is 0 Å². The number of halogens is 1. The van der Waals surface area contributed by atoms with Crippen LogP contribution in [0.4, 0.5) is 0 Å². The number of rotatable bonds is 6. The first-order valence-electron chi connectivity index (χ1n) is 6.63. The van der Waals surface area contributed by atoms with Gasteiger partial charge in [-0.3, -0.25) is 0 Å². The van der Waals surface area contributed by atoms with E-state index in [9.17, 15) is 0 Å². The highest BCUT2D eigenvalue weighted by molar-refractivity contribution is 6.31. The van der Waals surface area contributed by atoms with Gasteiger partial charge in [0.1, 0.15) is 0 Å². The van der Waals surface area contributed by atoms with Gasteiger partial charge in [-0.2, -0.15) is 0 Å². The first-order valence-corrected chi connectivity index (χ1v) is 7.01. The maximum atomic E-state index is 6.19. The lowest BCUT2D eigenvalue weighted by Crippen LogP contribution is -2.27. The van der Waals surface area contributed by atoms with Gasteiger partial charge in [-0.15, -0.1) is 0 Å². The van der Waals surface area contributed by atoms with E-state index in [1.54, 1.807) is 0 Å². The maximum absolute atomic E-state index is 6.19. The molecule has 2 rings (SSSR count). The van der Waals surface area contributed by atoms with Gasteiger partial charge in [0.05, 0.1) is 0 Å². The predicted octanol–water partition coefficient (Wildman–Crippen LogP) is 3.91. The van der Waals surface area contributed by atoms with Crippen molar-refractivity contribution in [2.24, 2.45) is 11.8 Å². The molecule has 1 fully saturated rings. The smallest absolute Gasteiger partial charge is 0.0438 e. The molecule has 0 heterocycles. The third-order valence-electron chi connectivity index (χ3n) is 3.78. The molecule has 1 nitrogen and oxygen atoms in total. The molecule has 1 saturated carbocycles. The number of nitrogens with one attached hydrogen (secondary N) is 1. The summed E-state index contributed by atoms with van der Waals surface area (Å²) in [4.78, 5) is 0. The van der Waals surface area contributed by atoms with Gasteiger partial charge in [0.25, 0.3) is 0 Å². The van der Waals surface area contributed by atoms with Gasteiger partial charge in [-0.05, 0) is 49.3 Å². The fourth-order valence-corrected chi connectivity index (χ4v) is 2.27. The topological polar surface area (TPSA) is 12.0 Å². The molecule has 1 aliphatic rings. The van der Waals surface area contributed by atoms with Crippen molar-refractivity contribution in [3.63, 3.8) is 0 Å². The third kappa shape index (κ3) is 4.01. The molecule has 2 atom stereocenters. The standard InChI is InChI=1S/C15H22ClN/c1-11(12(2)10-17-14-7-8-14)9-13-5-3-4-6-15(13)16/h3-6,11-12,14,17H,7-10H2,1-2H3. The van der Waals surface area contributed by atoms with E-state index in [1.807, 2.05) is 12.1 Å². The Labute approximate surface area is 110 Å². The molecule has 0 aromatic heterocycles. The summed E-state index contributed by atoms with van der Waals surface area (Å²) in [6.45, 7) is 5.79. The van der Waals surface area contributed by atoms with Crippen LogP contribution in [0, 0.1) is 11.8 Å². The second-order valence-electron chi connectivity index (χ2n) is 5.43. The van der Waals surface area contributed by atoms with Gasteiger partial charge in [-0.1, -0.05) is 43.6 Å². The van der Waals surface area contributed by atoms with E-state index in [2.05, 4.69) is 31.3 Å². The maximum Gasteiger partial charge on any atom is 0.0438 e. The van der Waals surface area contributed by atoms with Crippen LogP contribution in [0.3, 0.4) is 0 Å². The van der Waals surface area contributed by atoms with E-state index in [-0.39, 0.29) is 0 Å². The summed E-state index contributed by atoms with van der Waals surface area (Å²) in [5.41, 5.74) is 1.28. The lowest BCUT2D eigenvalue weighted by molar-refractivity contribution is 0.364. The van der Waals surface area contributed by atoms with E-state index in [4.69, 9.17) is 11.6 Å². The average Bonchev–Trinajstić information content (AvgIpc) is 3.13. The molecule has 0 radical (unpaired) electrons. The number of hydrogen-bond donors (Lipinski definition) is 1. The second kappa shape index (κ2) is 5.88. The normalized spacial score (nSPS) is 19.0. The van der Waals surface area contributed by atoms with Crippen LogP contribution in [0.5, 0.6) is 0 Å². The fraction of sp³-hybridized carbons (Fsp3) is 0.600. The summed E-state index contributed by atoms with van der Waals surface area (Å²) in [6.07, 6.45) is 3.81. The highest BCUT2D eigenvalue weighted by Crippen LogP contribution is 2.24.